The third-order valence-electron chi connectivity index (χ3n) is 5.77. The van der Waals surface area contributed by atoms with Crippen LogP contribution in [0.2, 0.25) is 0 Å². The van der Waals surface area contributed by atoms with Crippen LogP contribution in [0.1, 0.15) is 43.5 Å². The second-order valence-electron chi connectivity index (χ2n) is 7.19. The van der Waals surface area contributed by atoms with Crippen LogP contribution >= 0.6 is 0 Å². The lowest BCUT2D eigenvalue weighted by Gasteiger charge is -2.54. The van der Waals surface area contributed by atoms with Gasteiger partial charge in [0.05, 0.1) is 11.4 Å². The summed E-state index contributed by atoms with van der Waals surface area (Å²) in [4.78, 5) is 4.59. The first kappa shape index (κ1) is 11.7. The van der Waals surface area contributed by atoms with Gasteiger partial charge in [0.25, 0.3) is 0 Å². The molecule has 1 aromatic rings. The summed E-state index contributed by atoms with van der Waals surface area (Å²) in [6.45, 7) is 4.20. The van der Waals surface area contributed by atoms with E-state index in [2.05, 4.69) is 36.3 Å². The quantitative estimate of drug-likeness (QED) is 0.867. The van der Waals surface area contributed by atoms with Gasteiger partial charge in [0, 0.05) is 11.7 Å². The molecule has 0 aliphatic heterocycles. The Hall–Kier alpha value is -1.05. The summed E-state index contributed by atoms with van der Waals surface area (Å²) >= 11 is 0. The number of aryl methyl sites for hydroxylation is 2. The van der Waals surface area contributed by atoms with Crippen LogP contribution in [-0.4, -0.2) is 11.0 Å². The largest absolute Gasteiger partial charge is 0.380 e. The zero-order chi connectivity index (χ0) is 13.0. The fraction of sp³-hybridized carbons (Fsp3) is 0.706. The summed E-state index contributed by atoms with van der Waals surface area (Å²) in [6, 6.07) is 5.07. The van der Waals surface area contributed by atoms with Crippen LogP contribution in [0.4, 0.5) is 5.69 Å². The van der Waals surface area contributed by atoms with E-state index in [0.29, 0.717) is 0 Å². The van der Waals surface area contributed by atoms with E-state index in [-0.39, 0.29) is 0 Å². The van der Waals surface area contributed by atoms with Crippen molar-refractivity contribution in [1.29, 1.82) is 0 Å². The van der Waals surface area contributed by atoms with Crippen molar-refractivity contribution in [2.24, 2.45) is 23.7 Å². The molecule has 0 amide bonds. The highest BCUT2D eigenvalue weighted by molar-refractivity contribution is 5.49. The van der Waals surface area contributed by atoms with Gasteiger partial charge in [0.2, 0.25) is 0 Å². The van der Waals surface area contributed by atoms with E-state index < -0.39 is 0 Å². The molecule has 0 atom stereocenters. The van der Waals surface area contributed by atoms with Crippen molar-refractivity contribution in [1.82, 2.24) is 4.98 Å². The number of pyridine rings is 1. The van der Waals surface area contributed by atoms with Crippen LogP contribution in [0, 0.1) is 37.5 Å². The molecule has 4 bridgehead atoms. The Kier molecular flexibility index (Phi) is 2.61. The van der Waals surface area contributed by atoms with Crippen LogP contribution in [-0.2, 0) is 0 Å². The van der Waals surface area contributed by atoms with Crippen LogP contribution in [0.3, 0.4) is 0 Å². The number of aromatic nitrogens is 1. The molecule has 4 aliphatic rings. The molecule has 1 heterocycles. The van der Waals surface area contributed by atoms with Gasteiger partial charge in [-0.3, -0.25) is 4.98 Å². The molecule has 1 aromatic heterocycles. The van der Waals surface area contributed by atoms with E-state index in [1.807, 2.05) is 0 Å². The Morgan fingerprint density at radius 2 is 1.58 bits per heavy atom. The summed E-state index contributed by atoms with van der Waals surface area (Å²) in [7, 11) is 0. The molecular formula is C17H24N2. The SMILES string of the molecule is Cc1ccc(NC2C3CC4CC(C3)CC2C4)c(C)n1. The lowest BCUT2D eigenvalue weighted by Crippen LogP contribution is -2.51. The van der Waals surface area contributed by atoms with E-state index in [0.717, 1.165) is 41.1 Å². The van der Waals surface area contributed by atoms with Crippen LogP contribution in [0.5, 0.6) is 0 Å². The average molecular weight is 256 g/mol. The first-order valence-corrected chi connectivity index (χ1v) is 7.90. The van der Waals surface area contributed by atoms with E-state index in [4.69, 9.17) is 0 Å². The zero-order valence-corrected chi connectivity index (χ0v) is 12.0. The second-order valence-corrected chi connectivity index (χ2v) is 7.19. The molecule has 4 fully saturated rings. The number of hydrogen-bond acceptors (Lipinski definition) is 2. The normalized spacial score (nSPS) is 39.6. The number of nitrogens with zero attached hydrogens (tertiary/aromatic N) is 1. The number of hydrogen-bond donors (Lipinski definition) is 1. The van der Waals surface area contributed by atoms with Crippen LogP contribution in [0.15, 0.2) is 12.1 Å². The molecule has 0 aromatic carbocycles. The smallest absolute Gasteiger partial charge is 0.0606 e. The summed E-state index contributed by atoms with van der Waals surface area (Å²) in [5, 5.41) is 3.86. The van der Waals surface area contributed by atoms with Crippen LogP contribution < -0.4 is 5.32 Å². The Balaban J connectivity index is 1.56. The number of anilines is 1. The first-order chi connectivity index (χ1) is 9.19. The minimum absolute atomic E-state index is 0.719. The highest BCUT2D eigenvalue weighted by Gasteiger charge is 2.48. The predicted octanol–water partition coefficient (Wildman–Crippen LogP) is 3.94. The fourth-order valence-corrected chi connectivity index (χ4v) is 5.18. The van der Waals surface area contributed by atoms with Crippen molar-refractivity contribution < 1.29 is 0 Å². The number of rotatable bonds is 2. The van der Waals surface area contributed by atoms with E-state index >= 15 is 0 Å². The summed E-state index contributed by atoms with van der Waals surface area (Å²) in [6.07, 6.45) is 7.43. The van der Waals surface area contributed by atoms with Gasteiger partial charge in [-0.25, -0.2) is 0 Å². The Morgan fingerprint density at radius 3 is 2.16 bits per heavy atom. The molecule has 0 saturated heterocycles. The highest BCUT2D eigenvalue weighted by Crippen LogP contribution is 2.54. The van der Waals surface area contributed by atoms with Gasteiger partial charge < -0.3 is 5.32 Å². The van der Waals surface area contributed by atoms with Gasteiger partial charge in [0.15, 0.2) is 0 Å². The lowest BCUT2D eigenvalue weighted by atomic mass is 9.54. The van der Waals surface area contributed by atoms with E-state index in [1.54, 1.807) is 0 Å². The van der Waals surface area contributed by atoms with Crippen molar-refractivity contribution in [3.63, 3.8) is 0 Å². The molecule has 2 nitrogen and oxygen atoms in total. The third kappa shape index (κ3) is 1.96. The van der Waals surface area contributed by atoms with Gasteiger partial charge in [-0.2, -0.15) is 0 Å². The first-order valence-electron chi connectivity index (χ1n) is 7.90. The van der Waals surface area contributed by atoms with Crippen molar-refractivity contribution in [3.8, 4) is 0 Å². The van der Waals surface area contributed by atoms with E-state index in [9.17, 15) is 0 Å². The molecule has 0 spiro atoms. The van der Waals surface area contributed by atoms with E-state index in [1.165, 1.54) is 37.8 Å². The van der Waals surface area contributed by atoms with Crippen molar-refractivity contribution in [3.05, 3.63) is 23.5 Å². The van der Waals surface area contributed by atoms with Gasteiger partial charge in [0.1, 0.15) is 0 Å². The standard InChI is InChI=1S/C17H24N2/c1-10-3-4-16(11(2)18-10)19-17-14-6-12-5-13(8-14)9-15(17)7-12/h3-4,12-15,17,19H,5-9H2,1-2H3. The molecule has 0 unspecified atom stereocenters. The molecule has 5 rings (SSSR count). The maximum absolute atomic E-state index is 4.59. The number of nitrogens with one attached hydrogen (secondary N) is 1. The molecule has 102 valence electrons. The molecule has 0 radical (unpaired) electrons. The molecule has 4 aliphatic carbocycles. The molecule has 2 heteroatoms. The van der Waals surface area contributed by atoms with Crippen molar-refractivity contribution in [2.45, 2.75) is 52.0 Å². The maximum atomic E-state index is 4.59. The minimum Gasteiger partial charge on any atom is -0.380 e. The van der Waals surface area contributed by atoms with Gasteiger partial charge in [-0.05, 0) is 81.8 Å². The van der Waals surface area contributed by atoms with Gasteiger partial charge in [-0.1, -0.05) is 0 Å². The summed E-state index contributed by atoms with van der Waals surface area (Å²) in [5.74, 6) is 3.96. The second kappa shape index (κ2) is 4.22. The van der Waals surface area contributed by atoms with Crippen molar-refractivity contribution >= 4 is 5.69 Å². The average Bonchev–Trinajstić information content (AvgIpc) is 2.35. The molecule has 1 N–H and O–H groups in total. The topological polar surface area (TPSA) is 24.9 Å². The zero-order valence-electron chi connectivity index (χ0n) is 12.0. The molecule has 4 saturated carbocycles. The Labute approximate surface area is 116 Å². The lowest BCUT2D eigenvalue weighted by molar-refractivity contribution is 0.00751. The summed E-state index contributed by atoms with van der Waals surface area (Å²) in [5.41, 5.74) is 3.55. The van der Waals surface area contributed by atoms with Crippen LogP contribution in [0.25, 0.3) is 0 Å². The molecule has 19 heavy (non-hydrogen) atoms. The predicted molar refractivity (Wildman–Crippen MR) is 78.2 cm³/mol. The van der Waals surface area contributed by atoms with Crippen molar-refractivity contribution in [2.75, 3.05) is 5.32 Å². The molecular weight excluding hydrogens is 232 g/mol. The van der Waals surface area contributed by atoms with Gasteiger partial charge >= 0.3 is 0 Å². The highest BCUT2D eigenvalue weighted by atomic mass is 15.0. The minimum atomic E-state index is 0.719. The fourth-order valence-electron chi connectivity index (χ4n) is 5.18. The third-order valence-corrected chi connectivity index (χ3v) is 5.77. The monoisotopic (exact) mass is 256 g/mol. The van der Waals surface area contributed by atoms with Gasteiger partial charge in [-0.15, -0.1) is 0 Å². The maximum Gasteiger partial charge on any atom is 0.0606 e. The Morgan fingerprint density at radius 1 is 0.947 bits per heavy atom. The Bertz CT molecular complexity index is 466. The summed E-state index contributed by atoms with van der Waals surface area (Å²) < 4.78 is 0.